The highest BCUT2D eigenvalue weighted by Gasteiger charge is 2.19. The van der Waals surface area contributed by atoms with Crippen LogP contribution in [0.1, 0.15) is 11.1 Å². The summed E-state index contributed by atoms with van der Waals surface area (Å²) in [6.07, 6.45) is 2.05. The zero-order valence-corrected chi connectivity index (χ0v) is 18.0. The van der Waals surface area contributed by atoms with Crippen LogP contribution in [0.15, 0.2) is 36.5 Å². The summed E-state index contributed by atoms with van der Waals surface area (Å²) in [5.74, 6) is -4.29. The van der Waals surface area contributed by atoms with E-state index in [-0.39, 0.29) is 11.2 Å². The molecular weight excluding hydrogens is 448 g/mol. The first-order valence-electron chi connectivity index (χ1n) is 9.43. The molecule has 0 spiro atoms. The van der Waals surface area contributed by atoms with Crippen molar-refractivity contribution in [1.82, 2.24) is 15.1 Å². The zero-order valence-electron chi connectivity index (χ0n) is 17.2. The number of aromatic nitrogens is 2. The van der Waals surface area contributed by atoms with Crippen molar-refractivity contribution in [2.75, 3.05) is 26.1 Å². The Morgan fingerprint density at radius 3 is 2.34 bits per heavy atom. The number of rotatable bonds is 8. The van der Waals surface area contributed by atoms with E-state index in [4.69, 9.17) is 21.7 Å². The third-order valence-electron chi connectivity index (χ3n) is 4.55. The van der Waals surface area contributed by atoms with Crippen molar-refractivity contribution in [2.24, 2.45) is 0 Å². The molecule has 3 aromatic rings. The maximum absolute atomic E-state index is 13.8. The highest BCUT2D eigenvalue weighted by atomic mass is 32.1. The molecule has 2 N–H and O–H groups in total. The molecule has 0 saturated heterocycles. The topological polar surface area (TPSA) is 60.3 Å². The predicted molar refractivity (Wildman–Crippen MR) is 115 cm³/mol. The molecule has 170 valence electrons. The first-order valence-corrected chi connectivity index (χ1v) is 9.84. The van der Waals surface area contributed by atoms with Crippen LogP contribution in [0.4, 0.5) is 23.4 Å². The van der Waals surface area contributed by atoms with E-state index in [1.54, 1.807) is 14.2 Å². The summed E-state index contributed by atoms with van der Waals surface area (Å²) in [6, 6.07) is 7.26. The number of ether oxygens (including phenoxy) is 2. The van der Waals surface area contributed by atoms with Gasteiger partial charge >= 0.3 is 0 Å². The molecule has 6 nitrogen and oxygen atoms in total. The van der Waals surface area contributed by atoms with Gasteiger partial charge in [-0.25, -0.2) is 17.6 Å². The van der Waals surface area contributed by atoms with Crippen LogP contribution in [0.3, 0.4) is 0 Å². The van der Waals surface area contributed by atoms with E-state index < -0.39 is 35.4 Å². The van der Waals surface area contributed by atoms with Gasteiger partial charge in [-0.15, -0.1) is 0 Å². The van der Waals surface area contributed by atoms with E-state index in [1.807, 2.05) is 18.2 Å². The number of nitrogens with one attached hydrogen (secondary N) is 2. The summed E-state index contributed by atoms with van der Waals surface area (Å²) in [4.78, 5) is 0. The molecule has 32 heavy (non-hydrogen) atoms. The van der Waals surface area contributed by atoms with Gasteiger partial charge in [0.05, 0.1) is 26.3 Å². The van der Waals surface area contributed by atoms with Crippen LogP contribution in [0, 0.1) is 23.3 Å². The molecule has 0 unspecified atom stereocenters. The quantitative estimate of drug-likeness (QED) is 0.296. The summed E-state index contributed by atoms with van der Waals surface area (Å²) >= 11 is 5.22. The van der Waals surface area contributed by atoms with Gasteiger partial charge in [-0.1, -0.05) is 6.07 Å². The summed E-state index contributed by atoms with van der Waals surface area (Å²) in [5, 5.41) is 10.2. The molecule has 0 amide bonds. The SMILES string of the molecule is COc1ccc(CCNC(=S)Nc2ccn(Cc3c(F)c(F)cc(F)c3F)n2)cc1OC. The summed E-state index contributed by atoms with van der Waals surface area (Å²) in [7, 11) is 3.12. The highest BCUT2D eigenvalue weighted by molar-refractivity contribution is 7.80. The molecule has 1 heterocycles. The van der Waals surface area contributed by atoms with Gasteiger partial charge in [0.2, 0.25) is 0 Å². The number of methoxy groups -OCH3 is 2. The largest absolute Gasteiger partial charge is 0.493 e. The Bertz CT molecular complexity index is 1100. The Kier molecular flexibility index (Phi) is 7.52. The fourth-order valence-corrected chi connectivity index (χ4v) is 3.16. The second-order valence-electron chi connectivity index (χ2n) is 6.67. The number of halogens is 4. The normalized spacial score (nSPS) is 10.7. The predicted octanol–water partition coefficient (Wildman–Crippen LogP) is 4.03. The molecule has 2 aromatic carbocycles. The zero-order chi connectivity index (χ0) is 23.3. The number of hydrogen-bond donors (Lipinski definition) is 2. The van der Waals surface area contributed by atoms with Crippen LogP contribution in [0.2, 0.25) is 0 Å². The smallest absolute Gasteiger partial charge is 0.172 e. The maximum atomic E-state index is 13.8. The lowest BCUT2D eigenvalue weighted by Gasteiger charge is -2.11. The van der Waals surface area contributed by atoms with Gasteiger partial charge in [0.1, 0.15) is 0 Å². The molecule has 1 aromatic heterocycles. The Labute approximate surface area is 187 Å². The third kappa shape index (κ3) is 5.47. The molecule has 0 radical (unpaired) electrons. The first-order chi connectivity index (χ1) is 15.3. The highest BCUT2D eigenvalue weighted by Crippen LogP contribution is 2.27. The second kappa shape index (κ2) is 10.3. The van der Waals surface area contributed by atoms with Crippen LogP contribution in [-0.4, -0.2) is 35.7 Å². The van der Waals surface area contributed by atoms with E-state index in [2.05, 4.69) is 15.7 Å². The van der Waals surface area contributed by atoms with Gasteiger partial charge < -0.3 is 20.1 Å². The number of thiocarbonyl (C=S) groups is 1. The van der Waals surface area contributed by atoms with Crippen LogP contribution in [0.5, 0.6) is 11.5 Å². The van der Waals surface area contributed by atoms with Gasteiger partial charge in [0.25, 0.3) is 0 Å². The molecular formula is C21H20F4N4O2S. The Morgan fingerprint density at radius 2 is 1.69 bits per heavy atom. The fourth-order valence-electron chi connectivity index (χ4n) is 2.96. The van der Waals surface area contributed by atoms with E-state index in [0.29, 0.717) is 30.3 Å². The van der Waals surface area contributed by atoms with Gasteiger partial charge in [0.15, 0.2) is 45.7 Å². The number of benzene rings is 2. The molecule has 0 aliphatic carbocycles. The Balaban J connectivity index is 1.54. The standard InChI is InChI=1S/C21H20F4N4O2S/c1-30-16-4-3-12(9-17(16)31-2)5-7-26-21(32)27-18-6-8-29(28-18)11-13-19(24)14(22)10-15(23)20(13)25/h3-4,6,8-10H,5,7,11H2,1-2H3,(H2,26,27,28,32). The summed E-state index contributed by atoms with van der Waals surface area (Å²) < 4.78 is 66.0. The minimum atomic E-state index is -1.47. The lowest BCUT2D eigenvalue weighted by molar-refractivity contribution is 0.354. The van der Waals surface area contributed by atoms with Gasteiger partial charge in [-0.3, -0.25) is 4.68 Å². The van der Waals surface area contributed by atoms with Gasteiger partial charge in [-0.2, -0.15) is 5.10 Å². The van der Waals surface area contributed by atoms with Crippen LogP contribution >= 0.6 is 12.2 Å². The summed E-state index contributed by atoms with van der Waals surface area (Å²) in [6.45, 7) is 0.0224. The molecule has 3 rings (SSSR count). The third-order valence-corrected chi connectivity index (χ3v) is 4.80. The fraction of sp³-hybridized carbons (Fsp3) is 0.238. The lowest BCUT2D eigenvalue weighted by atomic mass is 10.1. The number of hydrogen-bond acceptors (Lipinski definition) is 4. The maximum Gasteiger partial charge on any atom is 0.172 e. The van der Waals surface area contributed by atoms with E-state index in [9.17, 15) is 17.6 Å². The molecule has 0 bridgehead atoms. The average molecular weight is 468 g/mol. The van der Waals surface area contributed by atoms with Crippen molar-refractivity contribution in [1.29, 1.82) is 0 Å². The minimum absolute atomic E-state index is 0.163. The molecule has 0 aliphatic rings. The molecule has 0 atom stereocenters. The van der Waals surface area contributed by atoms with Crippen LogP contribution < -0.4 is 20.1 Å². The van der Waals surface area contributed by atoms with Crippen LogP contribution in [0.25, 0.3) is 0 Å². The first kappa shape index (κ1) is 23.3. The van der Waals surface area contributed by atoms with Crippen LogP contribution in [-0.2, 0) is 13.0 Å². The van der Waals surface area contributed by atoms with Crippen molar-refractivity contribution in [3.05, 3.63) is 70.9 Å². The second-order valence-corrected chi connectivity index (χ2v) is 7.07. The van der Waals surface area contributed by atoms with Crippen molar-refractivity contribution in [3.63, 3.8) is 0 Å². The lowest BCUT2D eigenvalue weighted by Crippen LogP contribution is -2.30. The van der Waals surface area contributed by atoms with Crippen molar-refractivity contribution >= 4 is 23.1 Å². The van der Waals surface area contributed by atoms with E-state index >= 15 is 0 Å². The van der Waals surface area contributed by atoms with E-state index in [0.717, 1.165) is 10.2 Å². The number of nitrogens with zero attached hydrogens (tertiary/aromatic N) is 2. The van der Waals surface area contributed by atoms with Crippen molar-refractivity contribution < 1.29 is 27.0 Å². The van der Waals surface area contributed by atoms with Crippen molar-refractivity contribution in [2.45, 2.75) is 13.0 Å². The number of anilines is 1. The Morgan fingerprint density at radius 1 is 1.00 bits per heavy atom. The van der Waals surface area contributed by atoms with Crippen molar-refractivity contribution in [3.8, 4) is 11.5 Å². The Hall–Kier alpha value is -3.34. The van der Waals surface area contributed by atoms with Gasteiger partial charge in [-0.05, 0) is 36.3 Å². The van der Waals surface area contributed by atoms with E-state index in [1.165, 1.54) is 12.3 Å². The molecule has 0 aliphatic heterocycles. The average Bonchev–Trinajstić information content (AvgIpc) is 3.21. The minimum Gasteiger partial charge on any atom is -0.493 e. The summed E-state index contributed by atoms with van der Waals surface area (Å²) in [5.41, 5.74) is 0.251. The molecule has 11 heteroatoms. The monoisotopic (exact) mass is 468 g/mol. The van der Waals surface area contributed by atoms with Gasteiger partial charge in [0, 0.05) is 24.9 Å². The molecule has 0 saturated carbocycles. The molecule has 0 fully saturated rings.